The van der Waals surface area contributed by atoms with E-state index in [4.69, 9.17) is 0 Å². The molecule has 6 fully saturated rings. The van der Waals surface area contributed by atoms with Gasteiger partial charge in [0.1, 0.15) is 0 Å². The van der Waals surface area contributed by atoms with Gasteiger partial charge in [-0.05, 0) is 123 Å². The van der Waals surface area contributed by atoms with Gasteiger partial charge in [0.2, 0.25) is 0 Å². The summed E-state index contributed by atoms with van der Waals surface area (Å²) in [4.78, 5) is 0. The molecule has 53 heavy (non-hydrogen) atoms. The van der Waals surface area contributed by atoms with Crippen molar-refractivity contribution in [2.75, 3.05) is 0 Å². The quantitative estimate of drug-likeness (QED) is 0.236. The summed E-state index contributed by atoms with van der Waals surface area (Å²) in [6.45, 7) is 24.9. The molecule has 0 heterocycles. The topological polar surface area (TPSA) is 0 Å². The highest BCUT2D eigenvalue weighted by Gasteiger charge is 2.59. The summed E-state index contributed by atoms with van der Waals surface area (Å²) in [6.07, 6.45) is 21.2. The molecule has 0 aromatic heterocycles. The predicted octanol–water partition coefficient (Wildman–Crippen LogP) is 17.2. The van der Waals surface area contributed by atoms with E-state index in [0.717, 1.165) is 0 Å². The van der Waals surface area contributed by atoms with Gasteiger partial charge in [0.05, 0.1) is 0 Å². The van der Waals surface area contributed by atoms with Crippen molar-refractivity contribution < 1.29 is 0 Å². The van der Waals surface area contributed by atoms with Gasteiger partial charge in [-0.25, -0.2) is 0 Å². The summed E-state index contributed by atoms with van der Waals surface area (Å²) in [5.41, 5.74) is 4.18. The van der Waals surface area contributed by atoms with E-state index >= 15 is 0 Å². The Morgan fingerprint density at radius 2 is 0.811 bits per heavy atom. The molecule has 3 aromatic rings. The van der Waals surface area contributed by atoms with Gasteiger partial charge in [-0.3, -0.25) is 0 Å². The van der Waals surface area contributed by atoms with Crippen molar-refractivity contribution in [1.82, 2.24) is 0 Å². The van der Waals surface area contributed by atoms with E-state index in [2.05, 4.69) is 108 Å². The summed E-state index contributed by atoms with van der Waals surface area (Å²) < 4.78 is 0. The van der Waals surface area contributed by atoms with Crippen LogP contribution in [0.5, 0.6) is 0 Å². The summed E-state index contributed by atoms with van der Waals surface area (Å²) >= 11 is 0. The predicted molar refractivity (Wildman–Crippen MR) is 241 cm³/mol. The number of benzene rings is 3. The smallest absolute Gasteiger partial charge is 0.0219 e. The van der Waals surface area contributed by atoms with Crippen molar-refractivity contribution in [3.63, 3.8) is 0 Å². The summed E-state index contributed by atoms with van der Waals surface area (Å²) in [7, 11) is 0. The Bertz CT molecular complexity index is 1130. The number of hydrogen-bond acceptors (Lipinski definition) is 0. The van der Waals surface area contributed by atoms with Gasteiger partial charge < -0.3 is 0 Å². The van der Waals surface area contributed by atoms with Crippen molar-refractivity contribution in [3.8, 4) is 0 Å². The van der Waals surface area contributed by atoms with Gasteiger partial charge in [-0.15, -0.1) is 0 Å². The van der Waals surface area contributed by atoms with Crippen LogP contribution in [0.25, 0.3) is 0 Å². The summed E-state index contributed by atoms with van der Waals surface area (Å²) in [6, 6.07) is 31.4. The monoisotopic (exact) mass is 725 g/mol. The molecular formula is C53H88. The van der Waals surface area contributed by atoms with E-state index in [1.807, 2.05) is 65.8 Å². The van der Waals surface area contributed by atoms with E-state index in [1.54, 1.807) is 70.6 Å². The Kier molecular flexibility index (Phi) is 27.5. The van der Waals surface area contributed by atoms with Gasteiger partial charge in [0.15, 0.2) is 0 Å². The molecule has 0 saturated heterocycles. The SMILES string of the molecule is C1CC2CC1C1C3CCC(C3)C21.C1CC2CCC1C2.CC.CC.CC.CC(C)c1ccccc1.CCC.CCCc1ccccc1.Cc1ccccc1. The maximum absolute atomic E-state index is 2.20. The van der Waals surface area contributed by atoms with Crippen LogP contribution in [-0.2, 0) is 6.42 Å². The van der Waals surface area contributed by atoms with Crippen LogP contribution in [0.3, 0.4) is 0 Å². The minimum Gasteiger partial charge on any atom is -0.0683 e. The minimum absolute atomic E-state index is 0.659. The molecule has 0 radical (unpaired) electrons. The summed E-state index contributed by atoms with van der Waals surface area (Å²) in [5.74, 6) is 10.3. The van der Waals surface area contributed by atoms with Gasteiger partial charge >= 0.3 is 0 Å². The first kappa shape index (κ1) is 48.7. The normalized spacial score (nSPS) is 26.4. The first-order valence-corrected chi connectivity index (χ1v) is 23.0. The molecule has 3 aromatic carbocycles. The first-order chi connectivity index (χ1) is 25.9. The molecule has 4 atom stereocenters. The lowest BCUT2D eigenvalue weighted by Gasteiger charge is -2.34. The highest BCUT2D eigenvalue weighted by atomic mass is 14.6. The Balaban J connectivity index is 0.000000318. The lowest BCUT2D eigenvalue weighted by atomic mass is 9.71. The molecule has 0 spiro atoms. The van der Waals surface area contributed by atoms with Crippen molar-refractivity contribution in [1.29, 1.82) is 0 Å². The van der Waals surface area contributed by atoms with Crippen LogP contribution in [0.2, 0.25) is 0 Å². The second-order valence-corrected chi connectivity index (χ2v) is 16.1. The molecule has 0 heteroatoms. The molecule has 0 N–H and O–H groups in total. The largest absolute Gasteiger partial charge is 0.0683 e. The zero-order valence-electron chi connectivity index (χ0n) is 37.3. The van der Waals surface area contributed by atoms with Crippen LogP contribution in [0.1, 0.15) is 182 Å². The van der Waals surface area contributed by atoms with Crippen LogP contribution < -0.4 is 0 Å². The third kappa shape index (κ3) is 17.3. The number of fused-ring (bicyclic) bond motifs is 11. The minimum atomic E-state index is 0.659. The number of rotatable bonds is 3. The van der Waals surface area contributed by atoms with Crippen LogP contribution in [0.15, 0.2) is 91.0 Å². The van der Waals surface area contributed by atoms with Gasteiger partial charge in [0, 0.05) is 0 Å². The van der Waals surface area contributed by atoms with Crippen LogP contribution in [0.4, 0.5) is 0 Å². The molecule has 0 aliphatic heterocycles. The molecule has 6 saturated carbocycles. The fourth-order valence-corrected chi connectivity index (χ4v) is 10.0. The Morgan fingerprint density at radius 3 is 1.06 bits per heavy atom. The average Bonchev–Trinajstić information content (AvgIpc) is 4.10. The van der Waals surface area contributed by atoms with Gasteiger partial charge in [-0.1, -0.05) is 211 Å². The van der Waals surface area contributed by atoms with Crippen molar-refractivity contribution in [3.05, 3.63) is 108 Å². The van der Waals surface area contributed by atoms with Crippen LogP contribution in [0, 0.1) is 54.3 Å². The molecular weight excluding hydrogens is 637 g/mol. The van der Waals surface area contributed by atoms with E-state index in [-0.39, 0.29) is 0 Å². The lowest BCUT2D eigenvalue weighted by Crippen LogP contribution is -2.27. The highest BCUT2D eigenvalue weighted by Crippen LogP contribution is 2.67. The van der Waals surface area contributed by atoms with Gasteiger partial charge in [0.25, 0.3) is 0 Å². The molecule has 300 valence electrons. The zero-order valence-corrected chi connectivity index (χ0v) is 37.3. The maximum Gasteiger partial charge on any atom is -0.0219 e. The molecule has 0 amide bonds. The second kappa shape index (κ2) is 29.9. The molecule has 4 unspecified atom stereocenters. The standard InChI is InChI=1S/C12H18.2C9H12.C7H12.C7H8.C3H8.3C2H6/c1-2-8-5-7(1)11-9-3-4-10(6-9)12(8)11;1-8(2)9-6-4-3-5-7-9;1-2-6-9-7-4-3-5-8-9;1-2-7-4-3-6(1)5-7;1-7-5-3-2-4-6-7;1-3-2;3*1-2/h7-12H,1-6H2;3-8H,1-2H3;3-5,7-8H,2,6H2,1H3;6-7H,1-5H2;2-6H,1H3;3H2,1-2H3;3*1-2H3. The van der Waals surface area contributed by atoms with Gasteiger partial charge in [-0.2, -0.15) is 0 Å². The fourth-order valence-electron chi connectivity index (χ4n) is 10.0. The second-order valence-electron chi connectivity index (χ2n) is 16.1. The Morgan fingerprint density at radius 1 is 0.472 bits per heavy atom. The van der Waals surface area contributed by atoms with Crippen molar-refractivity contribution in [2.45, 2.75) is 179 Å². The number of aryl methyl sites for hydroxylation is 2. The van der Waals surface area contributed by atoms with Crippen molar-refractivity contribution in [2.24, 2.45) is 47.3 Å². The summed E-state index contributed by atoms with van der Waals surface area (Å²) in [5, 5.41) is 0. The van der Waals surface area contributed by atoms with Crippen LogP contribution >= 0.6 is 0 Å². The number of hydrogen-bond donors (Lipinski definition) is 0. The Labute approximate surface area is 332 Å². The van der Waals surface area contributed by atoms with Crippen LogP contribution in [-0.4, -0.2) is 0 Å². The molecule has 6 bridgehead atoms. The fraction of sp³-hybridized carbons (Fsp3) is 0.660. The highest BCUT2D eigenvalue weighted by molar-refractivity contribution is 5.18. The van der Waals surface area contributed by atoms with E-state index in [9.17, 15) is 0 Å². The third-order valence-electron chi connectivity index (χ3n) is 12.1. The molecule has 6 aliphatic rings. The van der Waals surface area contributed by atoms with E-state index in [1.165, 1.54) is 83.3 Å². The first-order valence-electron chi connectivity index (χ1n) is 23.0. The molecule has 6 aliphatic carbocycles. The van der Waals surface area contributed by atoms with E-state index in [0.29, 0.717) is 5.92 Å². The average molecular weight is 725 g/mol. The van der Waals surface area contributed by atoms with E-state index < -0.39 is 0 Å². The maximum atomic E-state index is 2.20. The van der Waals surface area contributed by atoms with Crippen molar-refractivity contribution >= 4 is 0 Å². The zero-order chi connectivity index (χ0) is 39.4. The molecule has 9 rings (SSSR count). The molecule has 0 nitrogen and oxygen atoms in total. The third-order valence-corrected chi connectivity index (χ3v) is 12.1. The lowest BCUT2D eigenvalue weighted by molar-refractivity contribution is 0.146. The Hall–Kier alpha value is -2.34.